The van der Waals surface area contributed by atoms with Gasteiger partial charge < -0.3 is 28.7 Å². The predicted molar refractivity (Wildman–Crippen MR) is 125 cm³/mol. The van der Waals surface area contributed by atoms with E-state index in [1.165, 1.54) is 7.11 Å². The molecule has 3 atom stereocenters. The summed E-state index contributed by atoms with van der Waals surface area (Å²) < 4.78 is 22.0. The van der Waals surface area contributed by atoms with Gasteiger partial charge in [0, 0.05) is 25.3 Å². The number of piperazine rings is 1. The first kappa shape index (κ1) is 24.1. The molecule has 0 aromatic heterocycles. The normalized spacial score (nSPS) is 26.7. The lowest BCUT2D eigenvalue weighted by Gasteiger charge is -2.55. The van der Waals surface area contributed by atoms with Gasteiger partial charge in [0.15, 0.2) is 0 Å². The largest absolute Gasteiger partial charge is 0.497 e. The van der Waals surface area contributed by atoms with E-state index in [2.05, 4.69) is 0 Å². The van der Waals surface area contributed by atoms with E-state index in [1.807, 2.05) is 17.0 Å². The number of fused-ring (bicyclic) bond motifs is 5. The Labute approximate surface area is 205 Å². The summed E-state index contributed by atoms with van der Waals surface area (Å²) in [6.45, 7) is 0.400. The fourth-order valence-electron chi connectivity index (χ4n) is 6.55. The lowest BCUT2D eigenvalue weighted by molar-refractivity contribution is -0.180. The van der Waals surface area contributed by atoms with Crippen molar-refractivity contribution in [2.45, 2.75) is 81.6 Å². The molecule has 2 saturated heterocycles. The molecule has 0 spiro atoms. The zero-order chi connectivity index (χ0) is 24.7. The van der Waals surface area contributed by atoms with Crippen LogP contribution in [-0.2, 0) is 36.8 Å². The van der Waals surface area contributed by atoms with Gasteiger partial charge >= 0.3 is 0 Å². The number of ketones is 1. The molecular weight excluding hydrogens is 452 g/mol. The van der Waals surface area contributed by atoms with Gasteiger partial charge in [-0.3, -0.25) is 14.4 Å². The number of rotatable bonds is 7. The molecule has 1 aromatic rings. The van der Waals surface area contributed by atoms with Gasteiger partial charge in [0.2, 0.25) is 5.91 Å². The lowest BCUT2D eigenvalue weighted by Crippen LogP contribution is -2.72. The second-order valence-electron chi connectivity index (χ2n) is 10.0. The highest BCUT2D eigenvalue weighted by Crippen LogP contribution is 2.43. The van der Waals surface area contributed by atoms with E-state index in [0.29, 0.717) is 38.0 Å². The SMILES string of the molecule is COCOC1(C(=O)C(=O)N2[C@@H]3CCC[C@H]2[C@@H]2Cc4c(cc(OC)cc4OC)CN2C3=O)CCCC1. The van der Waals surface area contributed by atoms with E-state index in [-0.39, 0.29) is 24.8 Å². The standard InChI is InChI=1S/C26H34N2O7/c1-32-15-35-26(9-4-5-10-26)23(29)25(31)28-19-7-6-8-20(28)24(30)27-14-16-11-17(33-2)12-22(34-3)18(16)13-21(19)27/h11-12,19-21H,4-10,13-15H2,1-3H3/t19-,20+,21-/m0/s1. The average Bonchev–Trinajstić information content (AvgIpc) is 3.38. The van der Waals surface area contributed by atoms with Gasteiger partial charge in [0.1, 0.15) is 29.9 Å². The molecule has 2 bridgehead atoms. The van der Waals surface area contributed by atoms with E-state index in [0.717, 1.165) is 42.6 Å². The molecule has 1 saturated carbocycles. The van der Waals surface area contributed by atoms with Crippen molar-refractivity contribution in [3.63, 3.8) is 0 Å². The molecule has 9 nitrogen and oxygen atoms in total. The third-order valence-electron chi connectivity index (χ3n) is 8.27. The Morgan fingerprint density at radius 3 is 2.49 bits per heavy atom. The van der Waals surface area contributed by atoms with Crippen LogP contribution in [0.5, 0.6) is 11.5 Å². The van der Waals surface area contributed by atoms with Crippen LogP contribution >= 0.6 is 0 Å². The van der Waals surface area contributed by atoms with Crippen LogP contribution in [0.1, 0.15) is 56.1 Å². The van der Waals surface area contributed by atoms with Gasteiger partial charge in [-0.25, -0.2) is 0 Å². The fourth-order valence-corrected chi connectivity index (χ4v) is 6.55. The highest BCUT2D eigenvalue weighted by molar-refractivity contribution is 6.39. The summed E-state index contributed by atoms with van der Waals surface area (Å²) in [6, 6.07) is 2.77. The van der Waals surface area contributed by atoms with Crippen molar-refractivity contribution in [3.8, 4) is 11.5 Å². The molecule has 0 unspecified atom stereocenters. The fraction of sp³-hybridized carbons (Fsp3) is 0.654. The molecule has 5 rings (SSSR count). The van der Waals surface area contributed by atoms with Gasteiger partial charge in [0.25, 0.3) is 11.7 Å². The minimum absolute atomic E-state index is 0.0404. The Morgan fingerprint density at radius 2 is 1.80 bits per heavy atom. The number of benzene rings is 1. The van der Waals surface area contributed by atoms with Gasteiger partial charge in [-0.2, -0.15) is 0 Å². The number of amides is 2. The minimum atomic E-state index is -1.15. The molecule has 9 heteroatoms. The van der Waals surface area contributed by atoms with Crippen molar-refractivity contribution >= 4 is 17.6 Å². The summed E-state index contributed by atoms with van der Waals surface area (Å²) in [5.74, 6) is 0.194. The Hall–Kier alpha value is -2.65. The number of hydrogen-bond acceptors (Lipinski definition) is 7. The summed E-state index contributed by atoms with van der Waals surface area (Å²) in [5, 5.41) is 0. The summed E-state index contributed by atoms with van der Waals surface area (Å²) in [4.78, 5) is 44.6. The molecule has 3 aliphatic heterocycles. The minimum Gasteiger partial charge on any atom is -0.497 e. The molecule has 0 radical (unpaired) electrons. The molecule has 1 aromatic carbocycles. The van der Waals surface area contributed by atoms with Crippen molar-refractivity contribution in [2.75, 3.05) is 28.1 Å². The summed E-state index contributed by atoms with van der Waals surface area (Å²) in [6.07, 6.45) is 5.38. The summed E-state index contributed by atoms with van der Waals surface area (Å²) in [7, 11) is 4.73. The van der Waals surface area contributed by atoms with Gasteiger partial charge in [0.05, 0.1) is 26.3 Å². The highest BCUT2D eigenvalue weighted by atomic mass is 16.7. The van der Waals surface area contributed by atoms with E-state index < -0.39 is 23.3 Å². The van der Waals surface area contributed by atoms with Gasteiger partial charge in [-0.05, 0) is 63.0 Å². The maximum absolute atomic E-state index is 13.8. The maximum atomic E-state index is 13.8. The first-order valence-corrected chi connectivity index (χ1v) is 12.5. The number of piperidine rings is 1. The van der Waals surface area contributed by atoms with Crippen LogP contribution in [0.25, 0.3) is 0 Å². The predicted octanol–water partition coefficient (Wildman–Crippen LogP) is 2.22. The molecule has 0 N–H and O–H groups in total. The molecule has 2 amide bonds. The third kappa shape index (κ3) is 3.89. The molecular formula is C26H34N2O7. The zero-order valence-electron chi connectivity index (χ0n) is 20.7. The topological polar surface area (TPSA) is 94.6 Å². The second kappa shape index (κ2) is 9.43. The van der Waals surface area contributed by atoms with E-state index in [1.54, 1.807) is 19.1 Å². The van der Waals surface area contributed by atoms with E-state index in [4.69, 9.17) is 18.9 Å². The Balaban J connectivity index is 1.47. The lowest BCUT2D eigenvalue weighted by atomic mass is 9.78. The summed E-state index contributed by atoms with van der Waals surface area (Å²) in [5.41, 5.74) is 0.874. The number of hydrogen-bond donors (Lipinski definition) is 0. The number of nitrogens with zero attached hydrogens (tertiary/aromatic N) is 2. The van der Waals surface area contributed by atoms with E-state index in [9.17, 15) is 14.4 Å². The molecule has 190 valence electrons. The van der Waals surface area contributed by atoms with Crippen LogP contribution in [0.4, 0.5) is 0 Å². The molecule has 4 aliphatic rings. The van der Waals surface area contributed by atoms with Crippen molar-refractivity contribution in [1.82, 2.24) is 9.80 Å². The second-order valence-corrected chi connectivity index (χ2v) is 10.0. The Bertz CT molecular complexity index is 1020. The Kier molecular flexibility index (Phi) is 6.48. The highest BCUT2D eigenvalue weighted by Gasteiger charge is 2.56. The number of carbonyl (C=O) groups excluding carboxylic acids is 3. The van der Waals surface area contributed by atoms with Crippen LogP contribution in [0, 0.1) is 0 Å². The van der Waals surface area contributed by atoms with E-state index >= 15 is 0 Å². The van der Waals surface area contributed by atoms with Crippen LogP contribution in [0.2, 0.25) is 0 Å². The average molecular weight is 487 g/mol. The zero-order valence-corrected chi connectivity index (χ0v) is 20.7. The molecule has 3 fully saturated rings. The van der Waals surface area contributed by atoms with Crippen LogP contribution in [0.15, 0.2) is 12.1 Å². The monoisotopic (exact) mass is 486 g/mol. The van der Waals surface area contributed by atoms with Crippen molar-refractivity contribution in [2.24, 2.45) is 0 Å². The third-order valence-corrected chi connectivity index (χ3v) is 8.27. The molecule has 35 heavy (non-hydrogen) atoms. The first-order valence-electron chi connectivity index (χ1n) is 12.5. The van der Waals surface area contributed by atoms with Crippen molar-refractivity contribution in [3.05, 3.63) is 23.3 Å². The smallest absolute Gasteiger partial charge is 0.294 e. The number of methoxy groups -OCH3 is 3. The van der Waals surface area contributed by atoms with Crippen molar-refractivity contribution < 1.29 is 33.3 Å². The number of carbonyl (C=O) groups is 3. The summed E-state index contributed by atoms with van der Waals surface area (Å²) >= 11 is 0. The first-order chi connectivity index (χ1) is 16.9. The van der Waals surface area contributed by atoms with Crippen molar-refractivity contribution in [1.29, 1.82) is 0 Å². The van der Waals surface area contributed by atoms with Crippen LogP contribution in [0.3, 0.4) is 0 Å². The van der Waals surface area contributed by atoms with Crippen LogP contribution in [-0.4, -0.2) is 79.2 Å². The molecule has 1 aliphatic carbocycles. The number of ether oxygens (including phenoxy) is 4. The number of Topliss-reactive ketones (excluding diaryl/α,β-unsaturated/α-hetero) is 1. The Morgan fingerprint density at radius 1 is 1.03 bits per heavy atom. The maximum Gasteiger partial charge on any atom is 0.294 e. The van der Waals surface area contributed by atoms with Gasteiger partial charge in [-0.1, -0.05) is 0 Å². The molecule has 3 heterocycles. The quantitative estimate of drug-likeness (QED) is 0.431. The van der Waals surface area contributed by atoms with Gasteiger partial charge in [-0.15, -0.1) is 0 Å². The van der Waals surface area contributed by atoms with Crippen LogP contribution < -0.4 is 9.47 Å².